The van der Waals surface area contributed by atoms with Crippen LogP contribution in [0.1, 0.15) is 20.3 Å². The fourth-order valence-corrected chi connectivity index (χ4v) is 0.950. The third kappa shape index (κ3) is 1.46. The summed E-state index contributed by atoms with van der Waals surface area (Å²) in [5.41, 5.74) is 0. The molecule has 1 saturated heterocycles. The van der Waals surface area contributed by atoms with Gasteiger partial charge in [0.1, 0.15) is 0 Å². The van der Waals surface area contributed by atoms with Crippen LogP contribution in [0.3, 0.4) is 0 Å². The van der Waals surface area contributed by atoms with Crippen molar-refractivity contribution in [3.63, 3.8) is 0 Å². The molecule has 2 heteroatoms. The Bertz CT molecular complexity index is 80.6. The van der Waals surface area contributed by atoms with Crippen LogP contribution in [-0.2, 0) is 0 Å². The van der Waals surface area contributed by atoms with Gasteiger partial charge in [0, 0.05) is 12.6 Å². The van der Waals surface area contributed by atoms with Crippen molar-refractivity contribution in [2.75, 3.05) is 6.54 Å². The van der Waals surface area contributed by atoms with Crippen molar-refractivity contribution in [2.45, 2.75) is 26.3 Å². The lowest BCUT2D eigenvalue weighted by Gasteiger charge is -1.99. The summed E-state index contributed by atoms with van der Waals surface area (Å²) in [5, 5.41) is 1.89. The van der Waals surface area contributed by atoms with Gasteiger partial charge in [-0.15, -0.1) is 0 Å². The second kappa shape index (κ2) is 2.03. The van der Waals surface area contributed by atoms with Crippen molar-refractivity contribution in [3.8, 4) is 0 Å². The van der Waals surface area contributed by atoms with Crippen LogP contribution in [0.5, 0.6) is 0 Å². The van der Waals surface area contributed by atoms with Gasteiger partial charge in [0.05, 0.1) is 0 Å². The lowest BCUT2D eigenvalue weighted by atomic mass is 10.1. The summed E-state index contributed by atoms with van der Waals surface area (Å²) >= 11 is 0. The van der Waals surface area contributed by atoms with E-state index in [1.807, 2.05) is 5.01 Å². The summed E-state index contributed by atoms with van der Waals surface area (Å²) in [4.78, 5) is 0. The molecule has 0 spiro atoms. The Balaban J connectivity index is 2.05. The molecule has 2 N–H and O–H groups in total. The van der Waals surface area contributed by atoms with E-state index in [4.69, 9.17) is 5.84 Å². The van der Waals surface area contributed by atoms with Gasteiger partial charge in [0.25, 0.3) is 0 Å². The highest BCUT2D eigenvalue weighted by atomic mass is 15.5. The smallest absolute Gasteiger partial charge is 0.0385 e. The SMILES string of the molecule is CC(C)CC1CN1N. The Hall–Kier alpha value is -0.0800. The van der Waals surface area contributed by atoms with Gasteiger partial charge in [-0.1, -0.05) is 13.8 Å². The lowest BCUT2D eigenvalue weighted by Crippen LogP contribution is -2.10. The maximum absolute atomic E-state index is 5.45. The normalized spacial score (nSPS) is 36.0. The second-order valence-electron chi connectivity index (χ2n) is 2.98. The number of rotatable bonds is 2. The maximum Gasteiger partial charge on any atom is 0.0385 e. The van der Waals surface area contributed by atoms with E-state index in [9.17, 15) is 0 Å². The van der Waals surface area contributed by atoms with Crippen molar-refractivity contribution in [1.82, 2.24) is 5.01 Å². The zero-order valence-corrected chi connectivity index (χ0v) is 5.59. The molecule has 1 aliphatic rings. The first-order valence-electron chi connectivity index (χ1n) is 3.21. The Labute approximate surface area is 50.6 Å². The van der Waals surface area contributed by atoms with Gasteiger partial charge in [-0.05, 0) is 12.3 Å². The molecule has 0 saturated carbocycles. The van der Waals surface area contributed by atoms with E-state index in [-0.39, 0.29) is 0 Å². The lowest BCUT2D eigenvalue weighted by molar-refractivity contribution is 0.469. The molecule has 1 heterocycles. The number of hydrogen-bond donors (Lipinski definition) is 1. The molecule has 2 unspecified atom stereocenters. The molecule has 8 heavy (non-hydrogen) atoms. The van der Waals surface area contributed by atoms with Crippen LogP contribution in [0.25, 0.3) is 0 Å². The van der Waals surface area contributed by atoms with Gasteiger partial charge in [0.15, 0.2) is 0 Å². The van der Waals surface area contributed by atoms with Gasteiger partial charge in [-0.2, -0.15) is 0 Å². The minimum atomic E-state index is 0.704. The molecular weight excluding hydrogens is 100 g/mol. The first kappa shape index (κ1) is 6.05. The maximum atomic E-state index is 5.45. The van der Waals surface area contributed by atoms with E-state index in [1.165, 1.54) is 6.42 Å². The minimum absolute atomic E-state index is 0.704. The van der Waals surface area contributed by atoms with E-state index in [1.54, 1.807) is 0 Å². The fourth-order valence-electron chi connectivity index (χ4n) is 0.950. The van der Waals surface area contributed by atoms with Crippen molar-refractivity contribution >= 4 is 0 Å². The highest BCUT2D eigenvalue weighted by molar-refractivity contribution is 4.84. The van der Waals surface area contributed by atoms with Crippen LogP contribution in [0.15, 0.2) is 0 Å². The molecule has 0 bridgehead atoms. The molecule has 48 valence electrons. The number of hydrogen-bond acceptors (Lipinski definition) is 2. The monoisotopic (exact) mass is 114 g/mol. The van der Waals surface area contributed by atoms with Gasteiger partial charge in [-0.25, -0.2) is 5.01 Å². The molecule has 2 atom stereocenters. The highest BCUT2D eigenvalue weighted by Gasteiger charge is 2.30. The average Bonchev–Trinajstić information content (AvgIpc) is 2.17. The molecular formula is C6H14N2. The van der Waals surface area contributed by atoms with Crippen molar-refractivity contribution < 1.29 is 0 Å². The van der Waals surface area contributed by atoms with Crippen LogP contribution in [0.2, 0.25) is 0 Å². The Morgan fingerprint density at radius 2 is 2.25 bits per heavy atom. The van der Waals surface area contributed by atoms with Crippen LogP contribution in [0, 0.1) is 5.92 Å². The van der Waals surface area contributed by atoms with Crippen LogP contribution in [0.4, 0.5) is 0 Å². The van der Waals surface area contributed by atoms with Gasteiger partial charge in [-0.3, -0.25) is 5.84 Å². The molecule has 2 nitrogen and oxygen atoms in total. The zero-order chi connectivity index (χ0) is 6.15. The van der Waals surface area contributed by atoms with E-state index in [0.29, 0.717) is 6.04 Å². The molecule has 1 fully saturated rings. The molecule has 0 radical (unpaired) electrons. The number of nitrogens with zero attached hydrogens (tertiary/aromatic N) is 1. The molecule has 1 aliphatic heterocycles. The first-order valence-corrected chi connectivity index (χ1v) is 3.21. The summed E-state index contributed by atoms with van der Waals surface area (Å²) in [6.45, 7) is 5.57. The van der Waals surface area contributed by atoms with Crippen LogP contribution < -0.4 is 5.84 Å². The van der Waals surface area contributed by atoms with Crippen molar-refractivity contribution in [3.05, 3.63) is 0 Å². The Morgan fingerprint density at radius 1 is 1.75 bits per heavy atom. The van der Waals surface area contributed by atoms with Gasteiger partial charge < -0.3 is 0 Å². The summed E-state index contributed by atoms with van der Waals surface area (Å²) in [6, 6.07) is 0.704. The average molecular weight is 114 g/mol. The topological polar surface area (TPSA) is 29.0 Å². The summed E-state index contributed by atoms with van der Waals surface area (Å²) < 4.78 is 0. The van der Waals surface area contributed by atoms with Crippen molar-refractivity contribution in [1.29, 1.82) is 0 Å². The van der Waals surface area contributed by atoms with Crippen LogP contribution in [-0.4, -0.2) is 17.6 Å². The molecule has 0 aromatic rings. The second-order valence-corrected chi connectivity index (χ2v) is 2.98. The fraction of sp³-hybridized carbons (Fsp3) is 1.00. The molecule has 1 rings (SSSR count). The first-order chi connectivity index (χ1) is 3.70. The summed E-state index contributed by atoms with van der Waals surface area (Å²) in [5.74, 6) is 6.25. The summed E-state index contributed by atoms with van der Waals surface area (Å²) in [6.07, 6.45) is 1.26. The van der Waals surface area contributed by atoms with Crippen molar-refractivity contribution in [2.24, 2.45) is 11.8 Å². The standard InChI is InChI=1S/C6H14N2/c1-5(2)3-6-4-8(6)7/h5-6H,3-4,7H2,1-2H3. The quantitative estimate of drug-likeness (QED) is 0.420. The van der Waals surface area contributed by atoms with E-state index >= 15 is 0 Å². The molecule has 0 aliphatic carbocycles. The number of nitrogens with two attached hydrogens (primary N) is 1. The third-order valence-corrected chi connectivity index (χ3v) is 1.50. The molecule has 0 amide bonds. The van der Waals surface area contributed by atoms with Gasteiger partial charge >= 0.3 is 0 Å². The largest absolute Gasteiger partial charge is 0.268 e. The zero-order valence-electron chi connectivity index (χ0n) is 5.59. The Morgan fingerprint density at radius 3 is 2.38 bits per heavy atom. The summed E-state index contributed by atoms with van der Waals surface area (Å²) in [7, 11) is 0. The van der Waals surface area contributed by atoms with E-state index < -0.39 is 0 Å². The predicted octanol–water partition coefficient (Wildman–Crippen LogP) is 0.590. The van der Waals surface area contributed by atoms with Crippen LogP contribution >= 0.6 is 0 Å². The molecule has 0 aromatic heterocycles. The predicted molar refractivity (Wildman–Crippen MR) is 34.1 cm³/mol. The molecule has 0 aromatic carbocycles. The minimum Gasteiger partial charge on any atom is -0.268 e. The van der Waals surface area contributed by atoms with Gasteiger partial charge in [0.2, 0.25) is 0 Å². The number of hydrazine groups is 1. The Kier molecular flexibility index (Phi) is 1.54. The van der Waals surface area contributed by atoms with E-state index in [0.717, 1.165) is 12.5 Å². The van der Waals surface area contributed by atoms with E-state index in [2.05, 4.69) is 13.8 Å². The third-order valence-electron chi connectivity index (χ3n) is 1.50. The highest BCUT2D eigenvalue weighted by Crippen LogP contribution is 2.19.